The zero-order chi connectivity index (χ0) is 4.50. The zero-order valence-electron chi connectivity index (χ0n) is 5.42. The minimum Gasteiger partial charge on any atom is -1.00 e. The maximum absolute atomic E-state index is 8.89. The van der Waals surface area contributed by atoms with Crippen molar-refractivity contribution in [2.45, 2.75) is 0 Å². The summed E-state index contributed by atoms with van der Waals surface area (Å²) in [5, 5.41) is 0. The summed E-state index contributed by atoms with van der Waals surface area (Å²) in [6, 6.07) is 0. The first kappa shape index (κ1) is 34.0. The van der Waals surface area contributed by atoms with Gasteiger partial charge in [0.05, 0.1) is 0 Å². The van der Waals surface area contributed by atoms with E-state index in [9.17, 15) is 0 Å². The van der Waals surface area contributed by atoms with Gasteiger partial charge >= 0.3 is 0 Å². The Morgan fingerprint density at radius 1 is 1.11 bits per heavy atom. The van der Waals surface area contributed by atoms with E-state index in [4.69, 9.17) is 13.3 Å². The van der Waals surface area contributed by atoms with Crippen LogP contribution in [0.3, 0.4) is 0 Å². The van der Waals surface area contributed by atoms with Gasteiger partial charge in [-0.2, -0.15) is 0 Å². The van der Waals surface area contributed by atoms with Crippen LogP contribution in [0.25, 0.3) is 0 Å². The third-order valence-electron chi connectivity index (χ3n) is 0. The Morgan fingerprint density at radius 2 is 1.11 bits per heavy atom. The van der Waals surface area contributed by atoms with E-state index in [2.05, 4.69) is 11.2 Å². The van der Waals surface area contributed by atoms with Gasteiger partial charge in [-0.25, -0.2) is 0 Å². The Morgan fingerprint density at radius 3 is 1.11 bits per heavy atom. The summed E-state index contributed by atoms with van der Waals surface area (Å²) in [4.78, 5) is 0. The van der Waals surface area contributed by atoms with E-state index in [-0.39, 0.29) is 30.9 Å². The molecule has 0 aliphatic carbocycles. The first-order chi connectivity index (χ1) is 2.00. The molecule has 0 aromatic heterocycles. The van der Waals surface area contributed by atoms with Crippen molar-refractivity contribution in [1.82, 2.24) is 18.5 Å². The minimum atomic E-state index is -4.33. The monoisotopic (exact) mass is 201 g/mol. The molecule has 12 N–H and O–H groups in total. The van der Waals surface area contributed by atoms with Crippen LogP contribution in [-0.2, 0) is 20.2 Å². The molecule has 0 aliphatic rings. The fourth-order valence-corrected chi connectivity index (χ4v) is 0. The van der Waals surface area contributed by atoms with Crippen molar-refractivity contribution in [2.75, 3.05) is 0 Å². The van der Waals surface area contributed by atoms with Crippen LogP contribution < -0.4 is 30.9 Å². The Hall–Kier alpha value is 0.460. The van der Waals surface area contributed by atoms with Gasteiger partial charge in [0.25, 0.3) is 0 Å². The third-order valence-corrected chi connectivity index (χ3v) is 0. The van der Waals surface area contributed by atoms with Crippen LogP contribution in [0.4, 0.5) is 0 Å². The van der Waals surface area contributed by atoms with Crippen LogP contribution in [-0.4, -0.2) is 13.3 Å². The molecule has 0 aromatic carbocycles. The molecule has 64 valence electrons. The van der Waals surface area contributed by atoms with Gasteiger partial charge in [-0.15, -0.1) is 9.05 Å². The average molecular weight is 202 g/mol. The summed E-state index contributed by atoms with van der Waals surface area (Å²) in [7, 11) is -4.33. The van der Waals surface area contributed by atoms with Gasteiger partial charge in [0.15, 0.2) is 0 Å². The van der Waals surface area contributed by atoms with Crippen LogP contribution in [0.5, 0.6) is 0 Å². The first-order valence-corrected chi connectivity index (χ1v) is 3.00. The second-order valence-electron chi connectivity index (χ2n) is 0.408. The lowest BCUT2D eigenvalue weighted by molar-refractivity contribution is -0.00000699. The fraction of sp³-hybridized carbons (Fsp3) is 0. The third kappa shape index (κ3) is 1670. The van der Waals surface area contributed by atoms with Crippen LogP contribution in [0.2, 0.25) is 0 Å². The van der Waals surface area contributed by atoms with Crippen molar-refractivity contribution >= 4 is 20.2 Å². The van der Waals surface area contributed by atoms with E-state index in [1.54, 1.807) is 0 Å². The van der Waals surface area contributed by atoms with Gasteiger partial charge in [0, 0.05) is 0 Å². The van der Waals surface area contributed by atoms with E-state index in [0.29, 0.717) is 0 Å². The topological polar surface area (TPSA) is 173 Å². The zero-order valence-corrected chi connectivity index (χ0v) is 7.81. The molecular formula is H12ClN3O3S2. The molecule has 0 saturated carbocycles. The molecular weight excluding hydrogens is 190 g/mol. The maximum atomic E-state index is 8.89. The number of quaternary nitrogens is 3. The molecule has 6 nitrogen and oxygen atoms in total. The van der Waals surface area contributed by atoms with Crippen molar-refractivity contribution in [3.8, 4) is 0 Å². The molecule has 0 spiro atoms. The quantitative estimate of drug-likeness (QED) is 0.382. The van der Waals surface area contributed by atoms with E-state index in [1.807, 2.05) is 0 Å². The molecule has 9 heteroatoms. The smallest absolute Gasteiger partial charge is 0.0484 e. The minimum absolute atomic E-state index is 0. The van der Waals surface area contributed by atoms with Gasteiger partial charge in [0.1, 0.15) is 0 Å². The van der Waals surface area contributed by atoms with Gasteiger partial charge in [-0.05, 0) is 11.2 Å². The van der Waals surface area contributed by atoms with Gasteiger partial charge in [-0.3, -0.25) is 4.21 Å². The van der Waals surface area contributed by atoms with Crippen molar-refractivity contribution in [3.05, 3.63) is 0 Å². The highest BCUT2D eigenvalue weighted by molar-refractivity contribution is 8.26. The van der Waals surface area contributed by atoms with Crippen molar-refractivity contribution in [3.63, 3.8) is 0 Å². The van der Waals surface area contributed by atoms with E-state index in [1.165, 1.54) is 0 Å². The Balaban J connectivity index is -0.0000000133. The molecule has 0 aromatic rings. The predicted octanol–water partition coefficient (Wildman–Crippen LogP) is -2.87. The second-order valence-corrected chi connectivity index (χ2v) is 2.45. The van der Waals surface area contributed by atoms with Crippen LogP contribution in [0, 0.1) is 0 Å². The van der Waals surface area contributed by atoms with E-state index >= 15 is 0 Å². The SMILES string of the molecule is O=S([O-])([O-])=S.[Cl-].[NH4+].[NH4+].[NH4+]. The molecule has 0 radical (unpaired) electrons. The lowest BCUT2D eigenvalue weighted by Crippen LogP contribution is -3.00. The maximum Gasteiger partial charge on any atom is -0.0484 e. The number of hydrogen-bond acceptors (Lipinski definition) is 4. The largest absolute Gasteiger partial charge is 1.00 e. The summed E-state index contributed by atoms with van der Waals surface area (Å²) in [6.07, 6.45) is 0. The molecule has 0 bridgehead atoms. The highest BCUT2D eigenvalue weighted by Crippen LogP contribution is 1.60. The summed E-state index contributed by atoms with van der Waals surface area (Å²) >= 11 is 3.24. The molecule has 0 saturated heterocycles. The molecule has 0 atom stereocenters. The van der Waals surface area contributed by atoms with Crippen molar-refractivity contribution in [2.24, 2.45) is 0 Å². The van der Waals surface area contributed by atoms with E-state index < -0.39 is 9.05 Å². The summed E-state index contributed by atoms with van der Waals surface area (Å²) < 4.78 is 26.7. The summed E-state index contributed by atoms with van der Waals surface area (Å²) in [5.74, 6) is 0. The van der Waals surface area contributed by atoms with Crippen molar-refractivity contribution in [1.29, 1.82) is 0 Å². The summed E-state index contributed by atoms with van der Waals surface area (Å²) in [5.41, 5.74) is 0. The Labute approximate surface area is 64.9 Å². The number of rotatable bonds is 0. The van der Waals surface area contributed by atoms with Crippen LogP contribution in [0.1, 0.15) is 0 Å². The van der Waals surface area contributed by atoms with Gasteiger partial charge < -0.3 is 40.0 Å². The van der Waals surface area contributed by atoms with Crippen LogP contribution >= 0.6 is 0 Å². The highest BCUT2D eigenvalue weighted by Gasteiger charge is 1.43. The molecule has 0 fully saturated rings. The predicted molar refractivity (Wildman–Crippen MR) is 35.0 cm³/mol. The van der Waals surface area contributed by atoms with Crippen molar-refractivity contribution < 1.29 is 25.7 Å². The normalized spacial score (nSPS) is 6.44. The average Bonchev–Trinajstić information content (AvgIpc) is 0.722. The Kier molecular flexibility index (Phi) is 42.7. The van der Waals surface area contributed by atoms with Gasteiger partial charge in [-0.1, -0.05) is 0 Å². The number of hydrogen-bond donors (Lipinski definition) is 3. The fourth-order valence-electron chi connectivity index (χ4n) is 0. The molecule has 0 rings (SSSR count). The van der Waals surface area contributed by atoms with Gasteiger partial charge in [0.2, 0.25) is 0 Å². The Bertz CT molecular complexity index is 100. The summed E-state index contributed by atoms with van der Waals surface area (Å²) in [6.45, 7) is 0. The highest BCUT2D eigenvalue weighted by atomic mass is 35.5. The lowest BCUT2D eigenvalue weighted by atomic mass is 14.0. The number of halogens is 1. The molecule has 0 aliphatic heterocycles. The standard InChI is InChI=1S/ClH.3H3N.H2O3S2/c;;;;1-5(2,3)4/h1H;3*1H3;(H2,1,2,3,4). The van der Waals surface area contributed by atoms with Crippen LogP contribution in [0.15, 0.2) is 0 Å². The van der Waals surface area contributed by atoms with E-state index in [0.717, 1.165) is 0 Å². The first-order valence-electron chi connectivity index (χ1n) is 0.667. The molecule has 0 amide bonds. The molecule has 9 heavy (non-hydrogen) atoms. The molecule has 0 heterocycles. The lowest BCUT2D eigenvalue weighted by Gasteiger charge is -2.12. The second kappa shape index (κ2) is 11.3. The molecule has 0 unspecified atom stereocenters.